The van der Waals surface area contributed by atoms with Crippen molar-refractivity contribution in [1.29, 1.82) is 0 Å². The highest BCUT2D eigenvalue weighted by Gasteiger charge is 2.14. The normalized spacial score (nSPS) is 12.9. The zero-order valence-electron chi connectivity index (χ0n) is 13.6. The van der Waals surface area contributed by atoms with Crippen LogP contribution in [0.25, 0.3) is 0 Å². The van der Waals surface area contributed by atoms with Gasteiger partial charge in [-0.05, 0) is 43.6 Å². The minimum atomic E-state index is 0.554. The van der Waals surface area contributed by atoms with Crippen LogP contribution >= 0.6 is 0 Å². The van der Waals surface area contributed by atoms with Crippen LogP contribution in [0.4, 0.5) is 0 Å². The van der Waals surface area contributed by atoms with Crippen molar-refractivity contribution in [2.24, 2.45) is 5.92 Å². The van der Waals surface area contributed by atoms with Crippen molar-refractivity contribution in [1.82, 2.24) is 10.2 Å². The van der Waals surface area contributed by atoms with Crippen LogP contribution in [0.5, 0.6) is 5.75 Å². The number of nitrogens with zero attached hydrogens (tertiary/aromatic N) is 1. The van der Waals surface area contributed by atoms with Gasteiger partial charge in [0.15, 0.2) is 0 Å². The van der Waals surface area contributed by atoms with Crippen LogP contribution < -0.4 is 10.1 Å². The molecule has 1 atom stereocenters. The Morgan fingerprint density at radius 3 is 2.35 bits per heavy atom. The first-order valence-corrected chi connectivity index (χ1v) is 7.61. The SMILES string of the molecule is CCCNC(CN(C)Cc1ccc(OC)cc1)C(C)C. The van der Waals surface area contributed by atoms with Gasteiger partial charge < -0.3 is 15.0 Å². The summed E-state index contributed by atoms with van der Waals surface area (Å²) in [6, 6.07) is 8.88. The van der Waals surface area contributed by atoms with Gasteiger partial charge in [-0.3, -0.25) is 0 Å². The Morgan fingerprint density at radius 1 is 1.20 bits per heavy atom. The lowest BCUT2D eigenvalue weighted by Crippen LogP contribution is -2.43. The fourth-order valence-electron chi connectivity index (χ4n) is 2.28. The smallest absolute Gasteiger partial charge is 0.118 e. The van der Waals surface area contributed by atoms with Gasteiger partial charge in [0.05, 0.1) is 7.11 Å². The molecule has 0 fully saturated rings. The van der Waals surface area contributed by atoms with E-state index >= 15 is 0 Å². The van der Waals surface area contributed by atoms with Gasteiger partial charge in [0.25, 0.3) is 0 Å². The predicted octanol–water partition coefficient (Wildman–Crippen LogP) is 3.15. The van der Waals surface area contributed by atoms with Crippen molar-refractivity contribution in [2.75, 3.05) is 27.2 Å². The molecule has 0 heterocycles. The van der Waals surface area contributed by atoms with Gasteiger partial charge >= 0.3 is 0 Å². The number of likely N-dealkylation sites (N-methyl/N-ethyl adjacent to an activating group) is 1. The molecule has 0 aliphatic carbocycles. The Kier molecular flexibility index (Phi) is 7.63. The topological polar surface area (TPSA) is 24.5 Å². The molecular formula is C17H30N2O. The number of hydrogen-bond acceptors (Lipinski definition) is 3. The average Bonchev–Trinajstić information content (AvgIpc) is 2.44. The van der Waals surface area contributed by atoms with E-state index < -0.39 is 0 Å². The lowest BCUT2D eigenvalue weighted by molar-refractivity contribution is 0.248. The van der Waals surface area contributed by atoms with Crippen molar-refractivity contribution >= 4 is 0 Å². The van der Waals surface area contributed by atoms with Gasteiger partial charge in [-0.1, -0.05) is 32.9 Å². The van der Waals surface area contributed by atoms with Crippen LogP contribution in [-0.2, 0) is 6.54 Å². The third-order valence-electron chi connectivity index (χ3n) is 3.58. The third-order valence-corrected chi connectivity index (χ3v) is 3.58. The van der Waals surface area contributed by atoms with E-state index in [9.17, 15) is 0 Å². The number of ether oxygens (including phenoxy) is 1. The Balaban J connectivity index is 2.49. The fraction of sp³-hybridized carbons (Fsp3) is 0.647. The summed E-state index contributed by atoms with van der Waals surface area (Å²) in [7, 11) is 3.89. The Labute approximate surface area is 124 Å². The molecule has 0 saturated heterocycles. The van der Waals surface area contributed by atoms with Gasteiger partial charge in [0, 0.05) is 19.1 Å². The second kappa shape index (κ2) is 8.98. The monoisotopic (exact) mass is 278 g/mol. The third kappa shape index (κ3) is 5.93. The Morgan fingerprint density at radius 2 is 1.85 bits per heavy atom. The Hall–Kier alpha value is -1.06. The Bertz CT molecular complexity index is 362. The molecule has 1 rings (SSSR count). The van der Waals surface area contributed by atoms with Gasteiger partial charge in [-0.25, -0.2) is 0 Å². The molecule has 1 aromatic rings. The van der Waals surface area contributed by atoms with E-state index in [2.05, 4.69) is 50.2 Å². The summed E-state index contributed by atoms with van der Waals surface area (Å²) in [6.07, 6.45) is 1.19. The molecule has 0 aliphatic rings. The van der Waals surface area contributed by atoms with Crippen molar-refractivity contribution in [2.45, 2.75) is 39.8 Å². The molecule has 0 spiro atoms. The maximum Gasteiger partial charge on any atom is 0.118 e. The van der Waals surface area contributed by atoms with E-state index in [0.717, 1.165) is 25.4 Å². The predicted molar refractivity (Wildman–Crippen MR) is 86.2 cm³/mol. The second-order valence-electron chi connectivity index (χ2n) is 5.85. The van der Waals surface area contributed by atoms with Gasteiger partial charge in [0.1, 0.15) is 5.75 Å². The summed E-state index contributed by atoms with van der Waals surface area (Å²) >= 11 is 0. The first kappa shape index (κ1) is 17.0. The van der Waals surface area contributed by atoms with Crippen molar-refractivity contribution < 1.29 is 4.74 Å². The van der Waals surface area contributed by atoms with Crippen LogP contribution in [0.3, 0.4) is 0 Å². The molecule has 3 nitrogen and oxygen atoms in total. The summed E-state index contributed by atoms with van der Waals surface area (Å²) < 4.78 is 5.19. The van der Waals surface area contributed by atoms with Crippen LogP contribution in [0.15, 0.2) is 24.3 Å². The molecular weight excluding hydrogens is 248 g/mol. The number of methoxy groups -OCH3 is 1. The van der Waals surface area contributed by atoms with Crippen molar-refractivity contribution in [3.05, 3.63) is 29.8 Å². The second-order valence-corrected chi connectivity index (χ2v) is 5.85. The highest BCUT2D eigenvalue weighted by atomic mass is 16.5. The molecule has 0 saturated carbocycles. The summed E-state index contributed by atoms with van der Waals surface area (Å²) in [4.78, 5) is 2.38. The number of nitrogens with one attached hydrogen (secondary N) is 1. The quantitative estimate of drug-likeness (QED) is 0.751. The first-order chi connectivity index (χ1) is 9.56. The molecule has 20 heavy (non-hydrogen) atoms. The minimum Gasteiger partial charge on any atom is -0.497 e. The molecule has 3 heteroatoms. The summed E-state index contributed by atoms with van der Waals surface area (Å²) in [5, 5.41) is 3.64. The minimum absolute atomic E-state index is 0.554. The van der Waals surface area contributed by atoms with Gasteiger partial charge in [-0.15, -0.1) is 0 Å². The first-order valence-electron chi connectivity index (χ1n) is 7.61. The number of rotatable bonds is 9. The molecule has 114 valence electrons. The molecule has 1 N–H and O–H groups in total. The maximum absolute atomic E-state index is 5.19. The van der Waals surface area contributed by atoms with Crippen LogP contribution in [0, 0.1) is 5.92 Å². The van der Waals surface area contributed by atoms with E-state index in [1.54, 1.807) is 7.11 Å². The van der Waals surface area contributed by atoms with Crippen LogP contribution in [0.2, 0.25) is 0 Å². The van der Waals surface area contributed by atoms with Crippen LogP contribution in [0.1, 0.15) is 32.8 Å². The van der Waals surface area contributed by atoms with E-state index in [-0.39, 0.29) is 0 Å². The van der Waals surface area contributed by atoms with E-state index in [1.807, 2.05) is 12.1 Å². The summed E-state index contributed by atoms with van der Waals surface area (Å²) in [6.45, 7) is 9.93. The van der Waals surface area contributed by atoms with E-state index in [0.29, 0.717) is 12.0 Å². The van der Waals surface area contributed by atoms with Gasteiger partial charge in [0.2, 0.25) is 0 Å². The lowest BCUT2D eigenvalue weighted by atomic mass is 10.0. The van der Waals surface area contributed by atoms with Crippen LogP contribution in [-0.4, -0.2) is 38.2 Å². The highest BCUT2D eigenvalue weighted by Crippen LogP contribution is 2.13. The zero-order valence-corrected chi connectivity index (χ0v) is 13.6. The summed E-state index contributed by atoms with van der Waals surface area (Å²) in [5.41, 5.74) is 1.33. The molecule has 1 unspecified atom stereocenters. The van der Waals surface area contributed by atoms with E-state index in [1.165, 1.54) is 12.0 Å². The van der Waals surface area contributed by atoms with Crippen molar-refractivity contribution in [3.8, 4) is 5.75 Å². The molecule has 1 aromatic carbocycles. The summed E-state index contributed by atoms with van der Waals surface area (Å²) in [5.74, 6) is 1.57. The van der Waals surface area contributed by atoms with Crippen molar-refractivity contribution in [3.63, 3.8) is 0 Å². The zero-order chi connectivity index (χ0) is 15.0. The average molecular weight is 278 g/mol. The number of hydrogen-bond donors (Lipinski definition) is 1. The number of benzene rings is 1. The molecule has 0 aromatic heterocycles. The molecule has 0 amide bonds. The fourth-order valence-corrected chi connectivity index (χ4v) is 2.28. The maximum atomic E-state index is 5.19. The molecule has 0 radical (unpaired) electrons. The standard InChI is InChI=1S/C17H30N2O/c1-6-11-18-17(14(2)3)13-19(4)12-15-7-9-16(20-5)10-8-15/h7-10,14,17-18H,6,11-13H2,1-5H3. The largest absolute Gasteiger partial charge is 0.497 e. The lowest BCUT2D eigenvalue weighted by Gasteiger charge is -2.28. The molecule has 0 bridgehead atoms. The van der Waals surface area contributed by atoms with Gasteiger partial charge in [-0.2, -0.15) is 0 Å². The molecule has 0 aliphatic heterocycles. The van der Waals surface area contributed by atoms with E-state index in [4.69, 9.17) is 4.74 Å². The highest BCUT2D eigenvalue weighted by molar-refractivity contribution is 5.27.